The maximum atomic E-state index is 12.7. The number of phenolic OH excluding ortho intramolecular Hbond substituents is 3. The number of aliphatic hydroxyl groups is 1. The van der Waals surface area contributed by atoms with Gasteiger partial charge >= 0.3 is 0 Å². The highest BCUT2D eigenvalue weighted by atomic mass is 33.1. The summed E-state index contributed by atoms with van der Waals surface area (Å²) in [5.74, 6) is 2.98. The molecule has 1 fully saturated rings. The summed E-state index contributed by atoms with van der Waals surface area (Å²) in [7, 11) is 6.80. The Labute approximate surface area is 296 Å². The molecule has 2 heterocycles. The quantitative estimate of drug-likeness (QED) is 0.178. The molecule has 2 aliphatic carbocycles. The molecule has 264 valence electrons. The van der Waals surface area contributed by atoms with Gasteiger partial charge < -0.3 is 39.4 Å². The Bertz CT molecular complexity index is 1730. The van der Waals surface area contributed by atoms with Gasteiger partial charge in [0, 0.05) is 39.7 Å². The van der Waals surface area contributed by atoms with Gasteiger partial charge in [-0.25, -0.2) is 0 Å². The molecule has 6 unspecified atom stereocenters. The van der Waals surface area contributed by atoms with Crippen LogP contribution in [-0.4, -0.2) is 58.4 Å². The first-order valence-electron chi connectivity index (χ1n) is 17.6. The molecule has 6 atom stereocenters. The van der Waals surface area contributed by atoms with Crippen molar-refractivity contribution in [2.24, 2.45) is 11.8 Å². The first kappa shape index (κ1) is 34.4. The largest absolute Gasteiger partial charge is 0.508 e. The normalized spacial score (nSPS) is 27.3. The molecular formula is C39H48O8S2. The number of hydrogen-bond acceptors (Lipinski definition) is 10. The molecule has 10 heteroatoms. The van der Waals surface area contributed by atoms with Crippen molar-refractivity contribution in [3.8, 4) is 51.4 Å². The van der Waals surface area contributed by atoms with Crippen LogP contribution in [0.3, 0.4) is 0 Å². The van der Waals surface area contributed by atoms with Crippen LogP contribution >= 0.6 is 21.6 Å². The van der Waals surface area contributed by atoms with E-state index in [0.29, 0.717) is 41.9 Å². The molecule has 0 saturated heterocycles. The number of fused-ring (bicyclic) bond motifs is 5. The Morgan fingerprint density at radius 3 is 2.55 bits per heavy atom. The van der Waals surface area contributed by atoms with Crippen LogP contribution in [0.5, 0.6) is 40.2 Å². The van der Waals surface area contributed by atoms with E-state index in [-0.39, 0.29) is 45.8 Å². The zero-order valence-corrected chi connectivity index (χ0v) is 30.6. The van der Waals surface area contributed by atoms with Gasteiger partial charge in [-0.05, 0) is 91.2 Å². The lowest BCUT2D eigenvalue weighted by atomic mass is 9.64. The van der Waals surface area contributed by atoms with Crippen molar-refractivity contribution in [2.75, 3.05) is 26.6 Å². The first-order valence-corrected chi connectivity index (χ1v) is 19.9. The molecule has 0 spiro atoms. The van der Waals surface area contributed by atoms with E-state index in [2.05, 4.69) is 20.8 Å². The van der Waals surface area contributed by atoms with Crippen LogP contribution < -0.4 is 18.9 Å². The summed E-state index contributed by atoms with van der Waals surface area (Å²) in [6.07, 6.45) is 4.88. The summed E-state index contributed by atoms with van der Waals surface area (Å²) in [5, 5.41) is 46.2. The van der Waals surface area contributed by atoms with Gasteiger partial charge in [-0.15, -0.1) is 0 Å². The standard InChI is InChI=1S/C39H48O8S2/c1-20(2)11-14-46-30-18-27(35(41)37(45-5)36(30)42)39-13-10-31-34(38(39)43)33-26-16-22(7-6-21(3)12-15-48-49-31)25-17-23(40)8-9-24(25)32(26)28(44-4)19-29(33)47-39/h8-9,17-22,31,34,38,40-43H,6-7,10-16H2,1-5H3. The fourth-order valence-corrected chi connectivity index (χ4v) is 11.6. The lowest BCUT2D eigenvalue weighted by molar-refractivity contribution is -0.112. The third-order valence-electron chi connectivity index (χ3n) is 11.2. The predicted octanol–water partition coefficient (Wildman–Crippen LogP) is 8.65. The number of hydrogen-bond donors (Lipinski definition) is 4. The molecule has 2 aliphatic heterocycles. The summed E-state index contributed by atoms with van der Waals surface area (Å²) in [6, 6.07) is 9.22. The van der Waals surface area contributed by atoms with Crippen LogP contribution in [0.4, 0.5) is 0 Å². The zero-order chi connectivity index (χ0) is 34.6. The average molecular weight is 709 g/mol. The van der Waals surface area contributed by atoms with Crippen molar-refractivity contribution in [2.45, 2.75) is 94.5 Å². The molecule has 0 radical (unpaired) electrons. The molecule has 0 aromatic heterocycles. The van der Waals surface area contributed by atoms with Gasteiger partial charge in [0.2, 0.25) is 11.5 Å². The maximum Gasteiger partial charge on any atom is 0.207 e. The van der Waals surface area contributed by atoms with E-state index >= 15 is 0 Å². The van der Waals surface area contributed by atoms with E-state index in [9.17, 15) is 20.4 Å². The smallest absolute Gasteiger partial charge is 0.207 e. The zero-order valence-electron chi connectivity index (χ0n) is 29.0. The molecular weight excluding hydrogens is 661 g/mol. The van der Waals surface area contributed by atoms with Gasteiger partial charge in [0.1, 0.15) is 23.4 Å². The molecule has 1 saturated carbocycles. The molecule has 3 aromatic rings. The van der Waals surface area contributed by atoms with Crippen LogP contribution in [0.2, 0.25) is 0 Å². The molecule has 0 amide bonds. The number of phenols is 3. The minimum Gasteiger partial charge on any atom is -0.508 e. The van der Waals surface area contributed by atoms with E-state index in [1.165, 1.54) is 7.11 Å². The monoisotopic (exact) mass is 708 g/mol. The van der Waals surface area contributed by atoms with Crippen molar-refractivity contribution in [3.05, 3.63) is 52.6 Å². The van der Waals surface area contributed by atoms with E-state index in [0.717, 1.165) is 72.1 Å². The van der Waals surface area contributed by atoms with Crippen LogP contribution in [0.15, 0.2) is 30.3 Å². The first-order chi connectivity index (χ1) is 23.6. The Balaban J connectivity index is 1.44. The third-order valence-corrected chi connectivity index (χ3v) is 14.1. The molecule has 3 aromatic carbocycles. The number of ether oxygens (including phenoxy) is 4. The predicted molar refractivity (Wildman–Crippen MR) is 195 cm³/mol. The highest BCUT2D eigenvalue weighted by molar-refractivity contribution is 8.76. The summed E-state index contributed by atoms with van der Waals surface area (Å²) >= 11 is 0. The SMILES string of the molecule is COc1cc2c3c4c1-c1ccc(O)cc1C(CCC(C)CCSSC1CCC(c5cc(OCCC(C)C)c(O)c(OC)c5O)(O2)C(O)C31)C4. The Hall–Kier alpha value is -3.08. The highest BCUT2D eigenvalue weighted by Crippen LogP contribution is 2.64. The highest BCUT2D eigenvalue weighted by Gasteiger charge is 2.59. The van der Waals surface area contributed by atoms with Crippen LogP contribution in [-0.2, 0) is 12.0 Å². The van der Waals surface area contributed by atoms with Gasteiger partial charge in [0.05, 0.1) is 20.8 Å². The van der Waals surface area contributed by atoms with Gasteiger partial charge in [0.15, 0.2) is 17.1 Å². The molecule has 4 aliphatic rings. The van der Waals surface area contributed by atoms with Gasteiger partial charge in [-0.1, -0.05) is 54.8 Å². The number of methoxy groups -OCH3 is 2. The Kier molecular flexibility index (Phi) is 9.52. The lowest BCUT2D eigenvalue weighted by Gasteiger charge is -2.53. The van der Waals surface area contributed by atoms with E-state index in [1.54, 1.807) is 19.2 Å². The van der Waals surface area contributed by atoms with Crippen molar-refractivity contribution < 1.29 is 39.4 Å². The van der Waals surface area contributed by atoms with Crippen LogP contribution in [0, 0.1) is 11.8 Å². The third kappa shape index (κ3) is 5.85. The van der Waals surface area contributed by atoms with E-state index in [4.69, 9.17) is 18.9 Å². The van der Waals surface area contributed by atoms with Gasteiger partial charge in [-0.3, -0.25) is 0 Å². The molecule has 4 bridgehead atoms. The topological polar surface area (TPSA) is 118 Å². The molecule has 4 N–H and O–H groups in total. The lowest BCUT2D eigenvalue weighted by Crippen LogP contribution is -2.56. The second kappa shape index (κ2) is 13.6. The van der Waals surface area contributed by atoms with Crippen molar-refractivity contribution >= 4 is 21.6 Å². The van der Waals surface area contributed by atoms with E-state index < -0.39 is 11.7 Å². The number of rotatable bonds is 7. The maximum absolute atomic E-state index is 12.7. The number of aromatic hydroxyl groups is 3. The summed E-state index contributed by atoms with van der Waals surface area (Å²) in [6.45, 7) is 6.91. The summed E-state index contributed by atoms with van der Waals surface area (Å²) in [4.78, 5) is 0. The molecule has 49 heavy (non-hydrogen) atoms. The Morgan fingerprint density at radius 1 is 0.980 bits per heavy atom. The van der Waals surface area contributed by atoms with Crippen molar-refractivity contribution in [3.63, 3.8) is 0 Å². The van der Waals surface area contributed by atoms with Gasteiger partial charge in [0.25, 0.3) is 0 Å². The summed E-state index contributed by atoms with van der Waals surface area (Å²) in [5.41, 5.74) is 4.32. The fraction of sp³-hybridized carbons (Fsp3) is 0.538. The average Bonchev–Trinajstić information content (AvgIpc) is 3.08. The van der Waals surface area contributed by atoms with Crippen molar-refractivity contribution in [1.29, 1.82) is 0 Å². The second-order valence-electron chi connectivity index (χ2n) is 14.6. The molecule has 8 nitrogen and oxygen atoms in total. The fourth-order valence-electron chi connectivity index (χ4n) is 8.49. The second-order valence-corrected chi connectivity index (χ2v) is 17.4. The summed E-state index contributed by atoms with van der Waals surface area (Å²) < 4.78 is 24.8. The van der Waals surface area contributed by atoms with Crippen LogP contribution in [0.1, 0.15) is 93.4 Å². The number of benzene rings is 3. The van der Waals surface area contributed by atoms with Crippen molar-refractivity contribution in [1.82, 2.24) is 0 Å². The van der Waals surface area contributed by atoms with E-state index in [1.807, 2.05) is 39.8 Å². The minimum atomic E-state index is -1.33. The van der Waals surface area contributed by atoms with Gasteiger partial charge in [-0.2, -0.15) is 0 Å². The molecule has 7 rings (SSSR count). The number of aliphatic hydroxyl groups excluding tert-OH is 1. The van der Waals surface area contributed by atoms with Crippen LogP contribution in [0.25, 0.3) is 11.1 Å². The minimum absolute atomic E-state index is 0.0897. The Morgan fingerprint density at radius 2 is 1.80 bits per heavy atom.